The molecule has 0 amide bonds. The summed E-state index contributed by atoms with van der Waals surface area (Å²) in [5.41, 5.74) is 1.02. The van der Waals surface area contributed by atoms with E-state index in [1.807, 2.05) is 18.2 Å². The van der Waals surface area contributed by atoms with Gasteiger partial charge in [0.2, 0.25) is 0 Å². The van der Waals surface area contributed by atoms with E-state index in [-0.39, 0.29) is 24.0 Å². The van der Waals surface area contributed by atoms with Crippen LogP contribution in [0.5, 0.6) is 5.75 Å². The van der Waals surface area contributed by atoms with Gasteiger partial charge in [-0.15, -0.1) is 24.0 Å². The Kier molecular flexibility index (Phi) is 9.76. The lowest BCUT2D eigenvalue weighted by Gasteiger charge is -2.24. The number of nitrogens with one attached hydrogen (secondary N) is 1. The third-order valence-corrected chi connectivity index (χ3v) is 4.14. The maximum Gasteiger partial charge on any atom is 0.193 e. The predicted octanol–water partition coefficient (Wildman–Crippen LogP) is 3.40. The molecule has 1 aliphatic heterocycles. The first-order valence-corrected chi connectivity index (χ1v) is 8.41. The molecule has 1 heterocycles. The Labute approximate surface area is 166 Å². The van der Waals surface area contributed by atoms with Gasteiger partial charge >= 0.3 is 0 Å². The van der Waals surface area contributed by atoms with Crippen molar-refractivity contribution in [3.63, 3.8) is 0 Å². The summed E-state index contributed by atoms with van der Waals surface area (Å²) in [6.45, 7) is 6.12. The van der Waals surface area contributed by atoms with Crippen molar-refractivity contribution >= 4 is 41.5 Å². The van der Waals surface area contributed by atoms with Crippen LogP contribution in [0.2, 0.25) is 5.02 Å². The molecule has 0 spiro atoms. The summed E-state index contributed by atoms with van der Waals surface area (Å²) in [5.74, 6) is 2.24. The lowest BCUT2D eigenvalue weighted by Crippen LogP contribution is -2.41. The zero-order valence-corrected chi connectivity index (χ0v) is 17.6. The van der Waals surface area contributed by atoms with Crippen LogP contribution in [-0.2, 0) is 11.3 Å². The smallest absolute Gasteiger partial charge is 0.193 e. The van der Waals surface area contributed by atoms with E-state index in [1.165, 1.54) is 0 Å². The number of guanidine groups is 1. The maximum atomic E-state index is 6.01. The van der Waals surface area contributed by atoms with Crippen molar-refractivity contribution in [2.45, 2.75) is 19.9 Å². The number of hydrogen-bond donors (Lipinski definition) is 1. The SMILES string of the molecule is CCNC(=NCc1ccc(Cl)cc1OC)N(C)CC1CCOC1.I. The van der Waals surface area contributed by atoms with Gasteiger partial charge in [-0.1, -0.05) is 17.7 Å². The number of ether oxygens (including phenoxy) is 2. The van der Waals surface area contributed by atoms with Crippen LogP contribution in [0.15, 0.2) is 23.2 Å². The summed E-state index contributed by atoms with van der Waals surface area (Å²) >= 11 is 6.01. The molecule has 5 nitrogen and oxygen atoms in total. The van der Waals surface area contributed by atoms with E-state index in [1.54, 1.807) is 7.11 Å². The second kappa shape index (κ2) is 11.0. The number of nitrogens with zero attached hydrogens (tertiary/aromatic N) is 2. The minimum atomic E-state index is 0. The minimum Gasteiger partial charge on any atom is -0.496 e. The van der Waals surface area contributed by atoms with Gasteiger partial charge in [0.1, 0.15) is 5.75 Å². The summed E-state index contributed by atoms with van der Waals surface area (Å²) in [6.07, 6.45) is 1.12. The van der Waals surface area contributed by atoms with Gasteiger partial charge in [-0.25, -0.2) is 4.99 Å². The molecule has 136 valence electrons. The van der Waals surface area contributed by atoms with Crippen molar-refractivity contribution in [3.8, 4) is 5.75 Å². The lowest BCUT2D eigenvalue weighted by atomic mass is 10.1. The Hall–Kier alpha value is -0.730. The molecule has 2 rings (SSSR count). The van der Waals surface area contributed by atoms with E-state index in [0.29, 0.717) is 17.5 Å². The molecule has 0 bridgehead atoms. The molecule has 1 N–H and O–H groups in total. The Bertz CT molecular complexity index is 537. The van der Waals surface area contributed by atoms with Gasteiger partial charge in [0.15, 0.2) is 5.96 Å². The Morgan fingerprint density at radius 2 is 2.29 bits per heavy atom. The average molecular weight is 468 g/mol. The van der Waals surface area contributed by atoms with Crippen molar-refractivity contribution in [2.24, 2.45) is 10.9 Å². The number of benzene rings is 1. The first kappa shape index (κ1) is 21.3. The van der Waals surface area contributed by atoms with E-state index < -0.39 is 0 Å². The van der Waals surface area contributed by atoms with E-state index in [9.17, 15) is 0 Å². The molecule has 7 heteroatoms. The summed E-state index contributed by atoms with van der Waals surface area (Å²) in [6, 6.07) is 5.64. The summed E-state index contributed by atoms with van der Waals surface area (Å²) in [7, 11) is 3.72. The first-order chi connectivity index (χ1) is 11.1. The van der Waals surface area contributed by atoms with Crippen molar-refractivity contribution in [1.29, 1.82) is 0 Å². The van der Waals surface area contributed by atoms with Gasteiger partial charge in [-0.2, -0.15) is 0 Å². The molecule has 0 saturated carbocycles. The highest BCUT2D eigenvalue weighted by Gasteiger charge is 2.19. The molecule has 0 aromatic heterocycles. The minimum absolute atomic E-state index is 0. The van der Waals surface area contributed by atoms with E-state index in [4.69, 9.17) is 26.1 Å². The molecule has 1 aromatic rings. The molecule has 1 aromatic carbocycles. The summed E-state index contributed by atoms with van der Waals surface area (Å²) in [4.78, 5) is 6.90. The third-order valence-electron chi connectivity index (χ3n) is 3.90. The highest BCUT2D eigenvalue weighted by atomic mass is 127. The zero-order valence-electron chi connectivity index (χ0n) is 14.5. The van der Waals surface area contributed by atoms with Gasteiger partial charge < -0.3 is 19.7 Å². The maximum absolute atomic E-state index is 6.01. The largest absolute Gasteiger partial charge is 0.496 e. The quantitative estimate of drug-likeness (QED) is 0.396. The number of rotatable bonds is 6. The van der Waals surface area contributed by atoms with Gasteiger partial charge in [0.25, 0.3) is 0 Å². The number of methoxy groups -OCH3 is 1. The second-order valence-corrected chi connectivity index (χ2v) is 6.17. The van der Waals surface area contributed by atoms with Crippen LogP contribution in [0.1, 0.15) is 18.9 Å². The lowest BCUT2D eigenvalue weighted by molar-refractivity contribution is 0.181. The molecular weight excluding hydrogens is 441 g/mol. The average Bonchev–Trinajstić information content (AvgIpc) is 3.05. The molecule has 1 unspecified atom stereocenters. The number of halogens is 2. The molecule has 1 aliphatic rings. The normalized spacial score (nSPS) is 17.3. The van der Waals surface area contributed by atoms with Crippen molar-refractivity contribution in [2.75, 3.05) is 40.5 Å². The Balaban J connectivity index is 0.00000288. The zero-order chi connectivity index (χ0) is 16.7. The predicted molar refractivity (Wildman–Crippen MR) is 110 cm³/mol. The second-order valence-electron chi connectivity index (χ2n) is 5.74. The Morgan fingerprint density at radius 1 is 1.50 bits per heavy atom. The fourth-order valence-corrected chi connectivity index (χ4v) is 2.84. The topological polar surface area (TPSA) is 46.1 Å². The first-order valence-electron chi connectivity index (χ1n) is 8.03. The van der Waals surface area contributed by atoms with Crippen LogP contribution < -0.4 is 10.1 Å². The molecule has 1 atom stereocenters. The standard InChI is InChI=1S/C17H26ClN3O2.HI/c1-4-19-17(21(2)11-13-7-8-23-12-13)20-10-14-5-6-15(18)9-16(14)22-3;/h5-6,9,13H,4,7-8,10-12H2,1-3H3,(H,19,20);1H. The van der Waals surface area contributed by atoms with Crippen LogP contribution >= 0.6 is 35.6 Å². The highest BCUT2D eigenvalue weighted by molar-refractivity contribution is 14.0. The fraction of sp³-hybridized carbons (Fsp3) is 0.588. The summed E-state index contributed by atoms with van der Waals surface area (Å²) < 4.78 is 10.8. The van der Waals surface area contributed by atoms with Crippen molar-refractivity contribution in [3.05, 3.63) is 28.8 Å². The van der Waals surface area contributed by atoms with Crippen LogP contribution in [-0.4, -0.2) is 51.3 Å². The monoisotopic (exact) mass is 467 g/mol. The van der Waals surface area contributed by atoms with Crippen molar-refractivity contribution < 1.29 is 9.47 Å². The highest BCUT2D eigenvalue weighted by Crippen LogP contribution is 2.23. The third kappa shape index (κ3) is 6.29. The van der Waals surface area contributed by atoms with Gasteiger partial charge in [0, 0.05) is 43.2 Å². The van der Waals surface area contributed by atoms with Gasteiger partial charge in [0.05, 0.1) is 20.3 Å². The Morgan fingerprint density at radius 3 is 2.92 bits per heavy atom. The molecular formula is C17H27ClIN3O2. The summed E-state index contributed by atoms with van der Waals surface area (Å²) in [5, 5.41) is 4.01. The van der Waals surface area contributed by atoms with Gasteiger partial charge in [-0.3, -0.25) is 0 Å². The van der Waals surface area contributed by atoms with Crippen molar-refractivity contribution in [1.82, 2.24) is 10.2 Å². The van der Waals surface area contributed by atoms with Crippen LogP contribution in [0, 0.1) is 5.92 Å². The van der Waals surface area contributed by atoms with Crippen LogP contribution in [0.4, 0.5) is 0 Å². The molecule has 24 heavy (non-hydrogen) atoms. The van der Waals surface area contributed by atoms with Crippen LogP contribution in [0.3, 0.4) is 0 Å². The van der Waals surface area contributed by atoms with E-state index >= 15 is 0 Å². The fourth-order valence-electron chi connectivity index (χ4n) is 2.68. The van der Waals surface area contributed by atoms with Crippen LogP contribution in [0.25, 0.3) is 0 Å². The van der Waals surface area contributed by atoms with Gasteiger partial charge in [-0.05, 0) is 25.5 Å². The van der Waals surface area contributed by atoms with E-state index in [0.717, 1.165) is 50.0 Å². The van der Waals surface area contributed by atoms with E-state index in [2.05, 4.69) is 24.2 Å². The molecule has 0 radical (unpaired) electrons. The number of aliphatic imine (C=N–C) groups is 1. The molecule has 0 aliphatic carbocycles. The molecule has 1 saturated heterocycles. The molecule has 1 fully saturated rings. The number of hydrogen-bond acceptors (Lipinski definition) is 3.